The van der Waals surface area contributed by atoms with Gasteiger partial charge in [0.2, 0.25) is 23.6 Å². The van der Waals surface area contributed by atoms with E-state index < -0.39 is 36.7 Å². The van der Waals surface area contributed by atoms with Crippen LogP contribution < -0.4 is 10.6 Å². The number of piperidine rings is 1. The Labute approximate surface area is 287 Å². The number of aliphatic carboxylic acids is 1. The number of hydrogen-bond acceptors (Lipinski definition) is 7. The quantitative estimate of drug-likeness (QED) is 0.216. The van der Waals surface area contributed by atoms with Crippen molar-refractivity contribution >= 4 is 51.4 Å². The molecular weight excluding hydrogens is 647 g/mol. The highest BCUT2D eigenvalue weighted by Gasteiger charge is 2.31. The van der Waals surface area contributed by atoms with Crippen LogP contribution in [0.3, 0.4) is 0 Å². The third kappa shape index (κ3) is 7.45. The minimum absolute atomic E-state index is 0.0697. The summed E-state index contributed by atoms with van der Waals surface area (Å²) in [6.45, 7) is 2.90. The molecule has 4 heterocycles. The van der Waals surface area contributed by atoms with E-state index in [0.717, 1.165) is 24.9 Å². The van der Waals surface area contributed by atoms with Gasteiger partial charge >= 0.3 is 5.97 Å². The highest BCUT2D eigenvalue weighted by molar-refractivity contribution is 6.00. The Morgan fingerprint density at radius 2 is 1.68 bits per heavy atom. The van der Waals surface area contributed by atoms with Crippen molar-refractivity contribution < 1.29 is 33.5 Å². The van der Waals surface area contributed by atoms with Gasteiger partial charge in [-0.15, -0.1) is 0 Å². The molecule has 50 heavy (non-hydrogen) atoms. The van der Waals surface area contributed by atoms with E-state index in [2.05, 4.69) is 15.7 Å². The highest BCUT2D eigenvalue weighted by atomic mass is 19.1. The zero-order chi connectivity index (χ0) is 35.5. The van der Waals surface area contributed by atoms with Crippen LogP contribution in [-0.2, 0) is 37.6 Å². The molecule has 0 radical (unpaired) electrons. The summed E-state index contributed by atoms with van der Waals surface area (Å²) in [5.41, 5.74) is 3.06. The second-order valence-electron chi connectivity index (χ2n) is 13.2. The molecule has 1 atom stereocenters. The SMILES string of the molecule is CC(=O)N1CCC(CCC(=O)N2CCC(c3nn(CC(=O)NCC(=O)NCC(=O)O)c4cccc(-c5cc6c(cnn6C)cc5F)c34)CC2)C1. The molecule has 0 spiro atoms. The van der Waals surface area contributed by atoms with E-state index in [1.54, 1.807) is 41.7 Å². The first-order valence-electron chi connectivity index (χ1n) is 16.9. The molecule has 0 saturated carbocycles. The maximum Gasteiger partial charge on any atom is 0.322 e. The first-order valence-corrected chi connectivity index (χ1v) is 16.9. The number of carboxylic acid groups (broad SMARTS) is 1. The number of amides is 4. The van der Waals surface area contributed by atoms with Crippen molar-refractivity contribution in [2.75, 3.05) is 39.3 Å². The summed E-state index contributed by atoms with van der Waals surface area (Å²) in [7, 11) is 1.79. The molecule has 2 aromatic carbocycles. The summed E-state index contributed by atoms with van der Waals surface area (Å²) in [6.07, 6.45) is 4.96. The number of aromatic nitrogens is 4. The standard InChI is InChI=1S/C35H41FN8O6/c1-21(45)43-11-8-22(19-43)6-7-32(48)42-12-9-23(10-13-42)35-34-25(26-15-29-24(14-27(26)36)16-39-41(29)2)4-3-5-28(34)44(40-35)20-31(47)37-17-30(46)38-18-33(49)50/h3-5,14-16,22-23H,6-13,17-20H2,1-2H3,(H,37,47)(H,38,46)(H,49,50). The zero-order valence-electron chi connectivity index (χ0n) is 28.2. The van der Waals surface area contributed by atoms with Gasteiger partial charge in [0.25, 0.3) is 0 Å². The number of nitrogens with one attached hydrogen (secondary N) is 2. The molecule has 4 aromatic rings. The molecule has 2 saturated heterocycles. The van der Waals surface area contributed by atoms with Gasteiger partial charge in [0, 0.05) is 68.8 Å². The van der Waals surface area contributed by atoms with Gasteiger partial charge in [-0.2, -0.15) is 10.2 Å². The molecule has 2 aliphatic heterocycles. The van der Waals surface area contributed by atoms with Crippen LogP contribution in [-0.4, -0.2) is 103 Å². The summed E-state index contributed by atoms with van der Waals surface area (Å²) in [4.78, 5) is 64.3. The smallest absolute Gasteiger partial charge is 0.322 e. The number of carbonyl (C=O) groups excluding carboxylic acids is 4. The lowest BCUT2D eigenvalue weighted by Crippen LogP contribution is -2.40. The third-order valence-electron chi connectivity index (χ3n) is 9.84. The Morgan fingerprint density at radius 1 is 0.940 bits per heavy atom. The van der Waals surface area contributed by atoms with E-state index in [1.165, 1.54) is 6.07 Å². The normalized spacial score (nSPS) is 16.7. The summed E-state index contributed by atoms with van der Waals surface area (Å²) < 4.78 is 19.0. The molecule has 6 rings (SSSR count). The van der Waals surface area contributed by atoms with Gasteiger partial charge in [-0.1, -0.05) is 12.1 Å². The maximum absolute atomic E-state index is 15.7. The van der Waals surface area contributed by atoms with Crippen LogP contribution in [0.1, 0.15) is 50.6 Å². The van der Waals surface area contributed by atoms with E-state index in [1.807, 2.05) is 21.9 Å². The van der Waals surface area contributed by atoms with Gasteiger partial charge in [0.15, 0.2) is 0 Å². The van der Waals surface area contributed by atoms with Crippen LogP contribution in [0.15, 0.2) is 36.5 Å². The largest absolute Gasteiger partial charge is 0.480 e. The number of aryl methyl sites for hydroxylation is 1. The second kappa shape index (κ2) is 14.6. The average molecular weight is 689 g/mol. The Kier molecular flexibility index (Phi) is 10.1. The van der Waals surface area contributed by atoms with Crippen molar-refractivity contribution in [2.45, 2.75) is 51.5 Å². The fourth-order valence-electron chi connectivity index (χ4n) is 7.12. The number of hydrogen-bond donors (Lipinski definition) is 3. The number of nitrogens with zero attached hydrogens (tertiary/aromatic N) is 6. The molecule has 2 aliphatic rings. The molecule has 1 unspecified atom stereocenters. The van der Waals surface area contributed by atoms with Gasteiger partial charge in [-0.3, -0.25) is 33.3 Å². The summed E-state index contributed by atoms with van der Waals surface area (Å²) in [5, 5.41) is 24.0. The summed E-state index contributed by atoms with van der Waals surface area (Å²) >= 11 is 0. The van der Waals surface area contributed by atoms with E-state index in [4.69, 9.17) is 10.2 Å². The van der Waals surface area contributed by atoms with Gasteiger partial charge in [0.1, 0.15) is 18.9 Å². The van der Waals surface area contributed by atoms with E-state index in [0.29, 0.717) is 77.9 Å². The molecular formula is C35H41FN8O6. The molecule has 15 heteroatoms. The van der Waals surface area contributed by atoms with E-state index >= 15 is 4.39 Å². The van der Waals surface area contributed by atoms with Crippen LogP contribution in [0.25, 0.3) is 32.9 Å². The van der Waals surface area contributed by atoms with Crippen LogP contribution in [0.4, 0.5) is 4.39 Å². The number of benzene rings is 2. The molecule has 0 aliphatic carbocycles. The Balaban J connectivity index is 1.23. The van der Waals surface area contributed by atoms with Crippen LogP contribution >= 0.6 is 0 Å². The highest BCUT2D eigenvalue weighted by Crippen LogP contribution is 2.40. The van der Waals surface area contributed by atoms with Crippen LogP contribution in [0.5, 0.6) is 0 Å². The van der Waals surface area contributed by atoms with Gasteiger partial charge < -0.3 is 25.5 Å². The van der Waals surface area contributed by atoms with Crippen molar-refractivity contribution in [1.29, 1.82) is 0 Å². The lowest BCUT2D eigenvalue weighted by atomic mass is 9.88. The molecule has 4 amide bonds. The Morgan fingerprint density at radius 3 is 2.40 bits per heavy atom. The summed E-state index contributed by atoms with van der Waals surface area (Å²) in [5.74, 6) is -2.34. The predicted octanol–water partition coefficient (Wildman–Crippen LogP) is 2.40. The minimum atomic E-state index is -1.20. The van der Waals surface area contributed by atoms with Gasteiger partial charge in [-0.25, -0.2) is 4.39 Å². The first-order chi connectivity index (χ1) is 24.0. The summed E-state index contributed by atoms with van der Waals surface area (Å²) in [6, 6.07) is 8.65. The molecule has 264 valence electrons. The molecule has 14 nitrogen and oxygen atoms in total. The number of carboxylic acids is 1. The molecule has 2 fully saturated rings. The third-order valence-corrected chi connectivity index (χ3v) is 9.84. The van der Waals surface area contributed by atoms with Crippen LogP contribution in [0, 0.1) is 11.7 Å². The maximum atomic E-state index is 15.7. The Bertz CT molecular complexity index is 1960. The zero-order valence-corrected chi connectivity index (χ0v) is 28.2. The lowest BCUT2D eigenvalue weighted by Gasteiger charge is -2.32. The predicted molar refractivity (Wildman–Crippen MR) is 181 cm³/mol. The molecule has 0 bridgehead atoms. The average Bonchev–Trinajstić information content (AvgIpc) is 3.82. The van der Waals surface area contributed by atoms with E-state index in [-0.39, 0.29) is 24.3 Å². The number of fused-ring (bicyclic) bond motifs is 2. The molecule has 2 aromatic heterocycles. The molecule has 3 N–H and O–H groups in total. The van der Waals surface area contributed by atoms with Crippen LogP contribution in [0.2, 0.25) is 0 Å². The van der Waals surface area contributed by atoms with Crippen molar-refractivity contribution in [1.82, 2.24) is 40.0 Å². The number of carbonyl (C=O) groups is 5. The van der Waals surface area contributed by atoms with Crippen molar-refractivity contribution in [3.05, 3.63) is 48.0 Å². The lowest BCUT2D eigenvalue weighted by molar-refractivity contribution is -0.138. The first kappa shape index (κ1) is 34.5. The second-order valence-corrected chi connectivity index (χ2v) is 13.2. The number of likely N-dealkylation sites (tertiary alicyclic amines) is 2. The topological polar surface area (TPSA) is 172 Å². The fraction of sp³-hybridized carbons (Fsp3) is 0.457. The number of halogens is 1. The van der Waals surface area contributed by atoms with Gasteiger partial charge in [0.05, 0.1) is 29.5 Å². The fourth-order valence-corrected chi connectivity index (χ4v) is 7.12. The monoisotopic (exact) mass is 688 g/mol. The van der Waals surface area contributed by atoms with Crippen molar-refractivity contribution in [3.8, 4) is 11.1 Å². The van der Waals surface area contributed by atoms with E-state index in [9.17, 15) is 24.0 Å². The Hall–Kier alpha value is -5.34. The van der Waals surface area contributed by atoms with Crippen molar-refractivity contribution in [3.63, 3.8) is 0 Å². The number of rotatable bonds is 11. The van der Waals surface area contributed by atoms with Gasteiger partial charge in [-0.05, 0) is 55.4 Å². The van der Waals surface area contributed by atoms with Crippen molar-refractivity contribution in [2.24, 2.45) is 13.0 Å². The minimum Gasteiger partial charge on any atom is -0.480 e.